The van der Waals surface area contributed by atoms with Crippen LogP contribution in [0.2, 0.25) is 0 Å². The molecule has 0 saturated heterocycles. The lowest BCUT2D eigenvalue weighted by atomic mass is 10.1. The summed E-state index contributed by atoms with van der Waals surface area (Å²) in [6.07, 6.45) is 4.80. The zero-order chi connectivity index (χ0) is 16.2. The lowest BCUT2D eigenvalue weighted by Gasteiger charge is -2.05. The third-order valence-corrected chi connectivity index (χ3v) is 3.62. The van der Waals surface area contributed by atoms with Crippen LogP contribution in [0.25, 0.3) is 10.8 Å². The molecule has 2 aromatic carbocycles. The summed E-state index contributed by atoms with van der Waals surface area (Å²) >= 11 is 0. The van der Waals surface area contributed by atoms with E-state index in [9.17, 15) is 4.79 Å². The molecule has 0 saturated carbocycles. The number of benzene rings is 2. The van der Waals surface area contributed by atoms with Crippen molar-refractivity contribution in [3.8, 4) is 0 Å². The number of fused-ring (bicyclic) bond motifs is 1. The standard InChI is InChI=1S/C17H15N3O3/c1-19-8-9-20(16(19)11-18-22)12-23-17(21)15-7-6-13-4-2-3-5-14(13)10-15/h2-11H,12H2,1H3/p+1. The van der Waals surface area contributed by atoms with Crippen LogP contribution in [0.5, 0.6) is 0 Å². The molecule has 1 aromatic heterocycles. The first kappa shape index (κ1) is 14.8. The van der Waals surface area contributed by atoms with E-state index < -0.39 is 5.97 Å². The zero-order valence-corrected chi connectivity index (χ0v) is 12.6. The molecular weight excluding hydrogens is 294 g/mol. The van der Waals surface area contributed by atoms with Crippen LogP contribution in [0.1, 0.15) is 16.2 Å². The molecule has 0 fully saturated rings. The quantitative estimate of drug-likeness (QED) is 0.264. The average molecular weight is 310 g/mol. The maximum Gasteiger partial charge on any atom is 0.341 e. The summed E-state index contributed by atoms with van der Waals surface area (Å²) in [5, 5.41) is 13.8. The van der Waals surface area contributed by atoms with Gasteiger partial charge in [-0.25, -0.2) is 9.36 Å². The van der Waals surface area contributed by atoms with E-state index >= 15 is 0 Å². The van der Waals surface area contributed by atoms with Crippen LogP contribution < -0.4 is 4.57 Å². The van der Waals surface area contributed by atoms with Crippen LogP contribution in [-0.2, 0) is 18.5 Å². The molecule has 1 N–H and O–H groups in total. The fourth-order valence-corrected chi connectivity index (χ4v) is 2.39. The van der Waals surface area contributed by atoms with Gasteiger partial charge in [-0.3, -0.25) is 0 Å². The lowest BCUT2D eigenvalue weighted by Crippen LogP contribution is -2.32. The number of hydrogen-bond donors (Lipinski definition) is 1. The highest BCUT2D eigenvalue weighted by Crippen LogP contribution is 2.16. The third kappa shape index (κ3) is 3.06. The number of carbonyl (C=O) groups is 1. The van der Waals surface area contributed by atoms with E-state index in [1.54, 1.807) is 34.6 Å². The molecule has 6 heteroatoms. The minimum atomic E-state index is -0.404. The van der Waals surface area contributed by atoms with Gasteiger partial charge in [0.1, 0.15) is 12.4 Å². The second-order valence-corrected chi connectivity index (χ2v) is 5.10. The number of carbonyl (C=O) groups excluding carboxylic acids is 1. The first-order valence-corrected chi connectivity index (χ1v) is 7.07. The Kier molecular flexibility index (Phi) is 4.05. The van der Waals surface area contributed by atoms with Crippen molar-refractivity contribution >= 4 is 23.0 Å². The van der Waals surface area contributed by atoms with Gasteiger partial charge >= 0.3 is 11.8 Å². The lowest BCUT2D eigenvalue weighted by molar-refractivity contribution is -0.672. The molecule has 23 heavy (non-hydrogen) atoms. The Hall–Kier alpha value is -3.15. The van der Waals surface area contributed by atoms with E-state index in [1.807, 2.05) is 36.4 Å². The van der Waals surface area contributed by atoms with Crippen molar-refractivity contribution in [3.63, 3.8) is 0 Å². The van der Waals surface area contributed by atoms with E-state index in [-0.39, 0.29) is 6.73 Å². The molecule has 1 heterocycles. The molecule has 0 unspecified atom stereocenters. The summed E-state index contributed by atoms with van der Waals surface area (Å²) < 4.78 is 8.75. The topological polar surface area (TPSA) is 67.7 Å². The Morgan fingerprint density at radius 2 is 2.09 bits per heavy atom. The third-order valence-electron chi connectivity index (χ3n) is 3.62. The smallest absolute Gasteiger partial charge is 0.341 e. The van der Waals surface area contributed by atoms with Gasteiger partial charge in [0.25, 0.3) is 0 Å². The first-order valence-electron chi connectivity index (χ1n) is 7.07. The van der Waals surface area contributed by atoms with Gasteiger partial charge in [-0.05, 0) is 22.9 Å². The van der Waals surface area contributed by atoms with Gasteiger partial charge in [-0.15, -0.1) is 0 Å². The number of ether oxygens (including phenoxy) is 1. The van der Waals surface area contributed by atoms with Crippen LogP contribution in [-0.4, -0.2) is 22.0 Å². The molecule has 0 aliphatic heterocycles. The summed E-state index contributed by atoms with van der Waals surface area (Å²) in [6.45, 7) is 0.0356. The number of aryl methyl sites for hydroxylation is 1. The number of aromatic nitrogens is 2. The zero-order valence-electron chi connectivity index (χ0n) is 12.6. The number of rotatable bonds is 4. The average Bonchev–Trinajstić information content (AvgIpc) is 2.93. The van der Waals surface area contributed by atoms with E-state index in [2.05, 4.69) is 5.16 Å². The minimum Gasteiger partial charge on any atom is -0.421 e. The van der Waals surface area contributed by atoms with Gasteiger partial charge in [0, 0.05) is 0 Å². The number of nitrogens with zero attached hydrogens (tertiary/aromatic N) is 3. The van der Waals surface area contributed by atoms with Crippen molar-refractivity contribution < 1.29 is 19.3 Å². The highest BCUT2D eigenvalue weighted by Gasteiger charge is 2.15. The molecule has 0 aliphatic carbocycles. The second kappa shape index (κ2) is 6.31. The summed E-state index contributed by atoms with van der Waals surface area (Å²) in [6, 6.07) is 13.3. The largest absolute Gasteiger partial charge is 0.421 e. The summed E-state index contributed by atoms with van der Waals surface area (Å²) in [5.41, 5.74) is 0.498. The predicted octanol–water partition coefficient (Wildman–Crippen LogP) is 2.09. The van der Waals surface area contributed by atoms with E-state index in [4.69, 9.17) is 9.94 Å². The highest BCUT2D eigenvalue weighted by atomic mass is 16.5. The van der Waals surface area contributed by atoms with Crippen molar-refractivity contribution in [2.45, 2.75) is 6.73 Å². The molecule has 0 atom stereocenters. The predicted molar refractivity (Wildman–Crippen MR) is 84.4 cm³/mol. The Labute approximate surface area is 132 Å². The number of esters is 1. The van der Waals surface area contributed by atoms with Crippen molar-refractivity contribution in [2.24, 2.45) is 12.2 Å². The van der Waals surface area contributed by atoms with Crippen molar-refractivity contribution in [1.29, 1.82) is 0 Å². The maximum absolute atomic E-state index is 12.2. The van der Waals surface area contributed by atoms with Crippen LogP contribution in [0, 0.1) is 0 Å². The highest BCUT2D eigenvalue weighted by molar-refractivity contribution is 5.95. The van der Waals surface area contributed by atoms with Crippen molar-refractivity contribution in [2.75, 3.05) is 0 Å². The molecule has 0 spiro atoms. The Morgan fingerprint density at radius 1 is 1.30 bits per heavy atom. The number of oxime groups is 1. The van der Waals surface area contributed by atoms with Crippen LogP contribution in [0.4, 0.5) is 0 Å². The van der Waals surface area contributed by atoms with Gasteiger partial charge in [-0.2, -0.15) is 4.57 Å². The van der Waals surface area contributed by atoms with Gasteiger partial charge in [0.15, 0.2) is 6.21 Å². The van der Waals surface area contributed by atoms with Crippen molar-refractivity contribution in [1.82, 2.24) is 4.57 Å². The Balaban J connectivity index is 1.76. The summed E-state index contributed by atoms with van der Waals surface area (Å²) in [4.78, 5) is 12.2. The van der Waals surface area contributed by atoms with Gasteiger partial charge < -0.3 is 9.94 Å². The molecular formula is C17H16N3O3+. The van der Waals surface area contributed by atoms with Crippen molar-refractivity contribution in [3.05, 3.63) is 66.2 Å². The number of imidazole rings is 1. The minimum absolute atomic E-state index is 0.0356. The van der Waals surface area contributed by atoms with Crippen LogP contribution >= 0.6 is 0 Å². The van der Waals surface area contributed by atoms with E-state index in [1.165, 1.54) is 6.21 Å². The molecule has 0 radical (unpaired) electrons. The molecule has 0 amide bonds. The number of hydrogen-bond acceptors (Lipinski definition) is 4. The monoisotopic (exact) mass is 310 g/mol. The second-order valence-electron chi connectivity index (χ2n) is 5.10. The molecule has 3 aromatic rings. The summed E-state index contributed by atoms with van der Waals surface area (Å²) in [7, 11) is 1.80. The molecule has 0 aliphatic rings. The van der Waals surface area contributed by atoms with E-state index in [0.29, 0.717) is 11.4 Å². The fourth-order valence-electron chi connectivity index (χ4n) is 2.39. The Bertz CT molecular complexity index is 884. The van der Waals surface area contributed by atoms with Gasteiger partial charge in [0.05, 0.1) is 12.6 Å². The first-order chi connectivity index (χ1) is 11.2. The van der Waals surface area contributed by atoms with Gasteiger partial charge in [-0.1, -0.05) is 35.5 Å². The SMILES string of the molecule is C[n+]1ccn(COC(=O)c2ccc3ccccc3c2)c1/C=N/O. The normalized spacial score (nSPS) is 11.2. The van der Waals surface area contributed by atoms with Gasteiger partial charge in [0.2, 0.25) is 6.73 Å². The van der Waals surface area contributed by atoms with E-state index in [0.717, 1.165) is 10.8 Å². The Morgan fingerprint density at radius 3 is 2.87 bits per heavy atom. The fraction of sp³-hybridized carbons (Fsp3) is 0.118. The maximum atomic E-state index is 12.2. The van der Waals surface area contributed by atoms with Crippen LogP contribution in [0.3, 0.4) is 0 Å². The van der Waals surface area contributed by atoms with Crippen LogP contribution in [0.15, 0.2) is 60.0 Å². The summed E-state index contributed by atoms with van der Waals surface area (Å²) in [5.74, 6) is 0.206. The molecule has 116 valence electrons. The molecule has 0 bridgehead atoms. The molecule has 6 nitrogen and oxygen atoms in total. The molecule has 3 rings (SSSR count).